The molecule has 16 nitrogen and oxygen atoms in total. The van der Waals surface area contributed by atoms with Crippen molar-refractivity contribution < 1.29 is 75.8 Å². The minimum atomic E-state index is -4.95. The predicted molar refractivity (Wildman–Crippen MR) is 509 cm³/mol. The second-order valence-corrected chi connectivity index (χ2v) is 34.3. The molecule has 0 amide bonds. The van der Waals surface area contributed by atoms with E-state index in [1.54, 1.807) is 0 Å². The molecule has 0 bridgehead atoms. The fraction of sp³-hybridized carbons (Fsp3) is 0.660. The number of aliphatic hydroxyl groups is 2. The van der Waals surface area contributed by atoms with Gasteiger partial charge in [0.2, 0.25) is 0 Å². The van der Waals surface area contributed by atoms with Gasteiger partial charge in [-0.1, -0.05) is 389 Å². The van der Waals surface area contributed by atoms with E-state index >= 15 is 0 Å². The van der Waals surface area contributed by atoms with Gasteiger partial charge in [-0.05, 0) is 167 Å². The zero-order chi connectivity index (χ0) is 87.9. The Bertz CT molecular complexity index is 2980. The van der Waals surface area contributed by atoms with Crippen LogP contribution in [0.5, 0.6) is 0 Å². The van der Waals surface area contributed by atoms with Gasteiger partial charge in [-0.25, -0.2) is 9.13 Å². The number of phosphoric ester groups is 2. The molecule has 0 fully saturated rings. The van der Waals surface area contributed by atoms with E-state index in [2.05, 4.69) is 215 Å². The minimum Gasteiger partial charge on any atom is -0.463 e. The lowest BCUT2D eigenvalue weighted by molar-refractivity contribution is -0.161. The fourth-order valence-electron chi connectivity index (χ4n) is 12.6. The molecule has 0 heterocycles. The second kappa shape index (κ2) is 93.5. The highest BCUT2D eigenvalue weighted by Gasteiger charge is 2.30. The number of unbranched alkanes of at least 4 members (excludes halogenated alkanes) is 34. The smallest absolute Gasteiger partial charge is 0.463 e. The van der Waals surface area contributed by atoms with Gasteiger partial charge in [-0.3, -0.25) is 32.5 Å². The summed E-state index contributed by atoms with van der Waals surface area (Å²) in [5.41, 5.74) is 0. The molecule has 0 saturated heterocycles. The van der Waals surface area contributed by atoms with Gasteiger partial charge in [0.1, 0.15) is 25.4 Å². The molecule has 0 aromatic rings. The molecule has 4 N–H and O–H groups in total. The van der Waals surface area contributed by atoms with Crippen molar-refractivity contribution in [2.75, 3.05) is 39.6 Å². The van der Waals surface area contributed by atoms with E-state index in [1.807, 2.05) is 0 Å². The number of carbonyl (C=O) groups excluding carboxylic acids is 3. The van der Waals surface area contributed by atoms with Crippen LogP contribution >= 0.6 is 15.6 Å². The SMILES string of the molecule is CC/C=C\C/C=C\C/C=C\C/C=C\C/C=C\C/C=C\CCCCCCCCCCCCC(=O)OCC(O)COP(=O)(O)OCC(O)COP(=O)(O)OCC(COC(=O)CCCCCCCCCCCCCCC/C=C\C/C=C\C/C=C\C/C=C\CCCCC)OC(=O)CCCCCCCCCC/C=C\C/C=C\C/C=C\C/C=C\C/C=C\C/C=C\CC. The van der Waals surface area contributed by atoms with Crippen LogP contribution in [0.2, 0.25) is 0 Å². The summed E-state index contributed by atoms with van der Waals surface area (Å²) in [5.74, 6) is -1.59. The van der Waals surface area contributed by atoms with Gasteiger partial charge in [-0.2, -0.15) is 0 Å². The summed E-state index contributed by atoms with van der Waals surface area (Å²) in [6.07, 6.45) is 125. The van der Waals surface area contributed by atoms with Crippen LogP contribution in [-0.2, 0) is 55.8 Å². The van der Waals surface area contributed by atoms with Gasteiger partial charge in [0.05, 0.1) is 26.4 Å². The minimum absolute atomic E-state index is 0.0881. The molecule has 18 heteroatoms. The average molecular weight is 1730 g/mol. The quantitative estimate of drug-likeness (QED) is 0.0146. The lowest BCUT2D eigenvalue weighted by Crippen LogP contribution is -2.30. The molecule has 0 saturated carbocycles. The first-order valence-electron chi connectivity index (χ1n) is 47.7. The molecule has 0 aliphatic rings. The molecule has 5 atom stereocenters. The van der Waals surface area contributed by atoms with Crippen molar-refractivity contribution in [1.29, 1.82) is 0 Å². The number of rotatable bonds is 89. The van der Waals surface area contributed by atoms with Crippen LogP contribution in [0.3, 0.4) is 0 Å². The van der Waals surface area contributed by atoms with Crippen molar-refractivity contribution >= 4 is 33.6 Å². The number of hydrogen-bond donors (Lipinski definition) is 4. The van der Waals surface area contributed by atoms with Crippen LogP contribution in [-0.4, -0.2) is 95.9 Å². The number of carbonyl (C=O) groups is 3. The van der Waals surface area contributed by atoms with Crippen LogP contribution in [0.25, 0.3) is 0 Å². The third-order valence-corrected chi connectivity index (χ3v) is 21.7. The van der Waals surface area contributed by atoms with E-state index in [4.69, 9.17) is 32.3 Å². The highest BCUT2D eigenvalue weighted by atomic mass is 31.2. The van der Waals surface area contributed by atoms with Crippen LogP contribution in [0.1, 0.15) is 380 Å². The van der Waals surface area contributed by atoms with E-state index in [0.717, 1.165) is 212 Å². The summed E-state index contributed by atoms with van der Waals surface area (Å²) in [5, 5.41) is 20.8. The number of allylic oxidation sites excluding steroid dienone is 32. The molecule has 121 heavy (non-hydrogen) atoms. The predicted octanol–water partition coefficient (Wildman–Crippen LogP) is 29.8. The van der Waals surface area contributed by atoms with Gasteiger partial charge < -0.3 is 34.2 Å². The standard InChI is InChI=1S/C103H172O16P2/c1-4-7-10-13-16-19-22-25-28-31-34-37-40-43-46-48-51-53-56-59-62-65-68-71-74-77-80-83-86-89-101(106)113-92-98(104)93-115-120(109,110)116-94-99(105)95-117-121(111,112)118-97-100(119-103(108)91-88-85-82-79-76-73-70-67-64-61-58-55-50-45-42-39-36-33-30-27-24-21-18-15-12-9-6-3)96-114-102(107)90-87-84-81-78-75-72-69-66-63-60-57-54-52-49-47-44-41-38-35-32-29-26-23-20-17-14-11-8-5-2/h7,9-10,12,16-21,25-30,34-39,43-47,50-51,53,58,61,98-100,104-105H,4-6,8,11,13-15,22-24,31-33,40-42,48-49,52,54-57,59-60,62-97H2,1-3H3,(H,109,110)(H,111,112)/b10-7-,12-9-,19-16-,20-17-,21-18-,28-25-,29-26-,30-27-,37-34-,38-35-,39-36-,46-43-,47-44-,50-45-,53-51-,61-58-. The highest BCUT2D eigenvalue weighted by Crippen LogP contribution is 2.45. The Morgan fingerprint density at radius 2 is 0.438 bits per heavy atom. The normalized spacial score (nSPS) is 14.6. The van der Waals surface area contributed by atoms with E-state index in [9.17, 15) is 43.5 Å². The molecule has 0 aliphatic carbocycles. The fourth-order valence-corrected chi connectivity index (χ4v) is 14.2. The van der Waals surface area contributed by atoms with E-state index in [1.165, 1.54) is 109 Å². The van der Waals surface area contributed by atoms with E-state index in [0.29, 0.717) is 19.3 Å². The van der Waals surface area contributed by atoms with Crippen LogP contribution < -0.4 is 0 Å². The highest BCUT2D eigenvalue weighted by molar-refractivity contribution is 7.47. The van der Waals surface area contributed by atoms with Crippen molar-refractivity contribution in [2.24, 2.45) is 0 Å². The van der Waals surface area contributed by atoms with Crippen LogP contribution in [0.4, 0.5) is 0 Å². The first kappa shape index (κ1) is 115. The van der Waals surface area contributed by atoms with Gasteiger partial charge in [-0.15, -0.1) is 0 Å². The maximum Gasteiger partial charge on any atom is 0.472 e. The first-order valence-corrected chi connectivity index (χ1v) is 50.7. The summed E-state index contributed by atoms with van der Waals surface area (Å²) >= 11 is 0. The number of esters is 3. The van der Waals surface area contributed by atoms with Gasteiger partial charge in [0, 0.05) is 19.3 Å². The summed E-state index contributed by atoms with van der Waals surface area (Å²) in [6, 6.07) is 0. The van der Waals surface area contributed by atoms with Crippen molar-refractivity contribution in [3.8, 4) is 0 Å². The second-order valence-electron chi connectivity index (χ2n) is 31.4. The number of hydrogen-bond acceptors (Lipinski definition) is 14. The average Bonchev–Trinajstić information content (AvgIpc) is 0.907. The largest absolute Gasteiger partial charge is 0.472 e. The molecule has 0 rings (SSSR count). The molecule has 5 unspecified atom stereocenters. The lowest BCUT2D eigenvalue weighted by Gasteiger charge is -2.21. The Labute approximate surface area is 737 Å². The number of ether oxygens (including phenoxy) is 3. The molecule has 0 spiro atoms. The molecule has 0 radical (unpaired) electrons. The molecule has 0 aromatic heterocycles. The maximum atomic E-state index is 13.1. The zero-order valence-electron chi connectivity index (χ0n) is 76.1. The molecule has 0 aliphatic heterocycles. The summed E-state index contributed by atoms with van der Waals surface area (Å²) < 4.78 is 61.6. The zero-order valence-corrected chi connectivity index (χ0v) is 77.9. The van der Waals surface area contributed by atoms with Gasteiger partial charge >= 0.3 is 33.6 Å². The summed E-state index contributed by atoms with van der Waals surface area (Å²) in [7, 11) is -9.83. The van der Waals surface area contributed by atoms with Crippen molar-refractivity contribution in [3.05, 3.63) is 194 Å². The maximum absolute atomic E-state index is 13.1. The first-order chi connectivity index (χ1) is 59.2. The Morgan fingerprint density at radius 3 is 0.694 bits per heavy atom. The van der Waals surface area contributed by atoms with Gasteiger partial charge in [0.25, 0.3) is 0 Å². The molecular weight excluding hydrogens is 1560 g/mol. The topological polar surface area (TPSA) is 231 Å². The van der Waals surface area contributed by atoms with E-state index < -0.39 is 91.5 Å². The summed E-state index contributed by atoms with van der Waals surface area (Å²) in [6.45, 7) is 2.45. The molecular formula is C103H172O16P2. The van der Waals surface area contributed by atoms with Gasteiger partial charge in [0.15, 0.2) is 6.10 Å². The van der Waals surface area contributed by atoms with Crippen molar-refractivity contribution in [1.82, 2.24) is 0 Å². The van der Waals surface area contributed by atoms with E-state index in [-0.39, 0.29) is 19.3 Å². The monoisotopic (exact) mass is 1730 g/mol. The Balaban J connectivity index is 4.69. The van der Waals surface area contributed by atoms with Crippen LogP contribution in [0, 0.1) is 0 Å². The molecule has 690 valence electrons. The number of aliphatic hydroxyl groups excluding tert-OH is 2. The third kappa shape index (κ3) is 94.9. The Kier molecular flexibility index (Phi) is 89.2. The van der Waals surface area contributed by atoms with Crippen molar-refractivity contribution in [3.63, 3.8) is 0 Å². The molecule has 0 aromatic carbocycles. The van der Waals surface area contributed by atoms with Crippen LogP contribution in [0.15, 0.2) is 194 Å². The summed E-state index contributed by atoms with van der Waals surface area (Å²) in [4.78, 5) is 59.1. The third-order valence-electron chi connectivity index (χ3n) is 19.8. The van der Waals surface area contributed by atoms with Crippen molar-refractivity contribution in [2.45, 2.75) is 399 Å². The Morgan fingerprint density at radius 1 is 0.240 bits per heavy atom. The Hall–Kier alpha value is -5.61. The lowest BCUT2D eigenvalue weighted by atomic mass is 10.0. The number of phosphoric acid groups is 2.